The molecule has 1 N–H and O–H groups in total. The van der Waals surface area contributed by atoms with Crippen molar-refractivity contribution in [2.24, 2.45) is 23.7 Å². The number of amides is 6. The van der Waals surface area contributed by atoms with E-state index in [0.717, 1.165) is 6.26 Å². The van der Waals surface area contributed by atoms with E-state index in [-0.39, 0.29) is 150 Å². The summed E-state index contributed by atoms with van der Waals surface area (Å²) in [5.74, 6) is -2.13. The van der Waals surface area contributed by atoms with Gasteiger partial charge in [0.05, 0.1) is 120 Å². The first-order chi connectivity index (χ1) is 30.8. The van der Waals surface area contributed by atoms with Crippen LogP contribution in [0.3, 0.4) is 0 Å². The molecule has 21 nitrogen and oxygen atoms in total. The van der Waals surface area contributed by atoms with E-state index >= 15 is 0 Å². The topological polar surface area (TPSA) is 251 Å². The quantitative estimate of drug-likeness (QED) is 0.0433. The van der Waals surface area contributed by atoms with Gasteiger partial charge >= 0.3 is 51.4 Å². The van der Waals surface area contributed by atoms with Gasteiger partial charge in [0.15, 0.2) is 0 Å². The van der Waals surface area contributed by atoms with Gasteiger partial charge in [0.2, 0.25) is 23.6 Å². The van der Waals surface area contributed by atoms with Crippen molar-refractivity contribution in [1.29, 1.82) is 0 Å². The number of rotatable bonds is 21. The van der Waals surface area contributed by atoms with Crippen molar-refractivity contribution >= 4 is 45.6 Å². The number of fused-ring (bicyclic) bond motifs is 10. The summed E-state index contributed by atoms with van der Waals surface area (Å²) in [4.78, 5) is 71.8. The molecule has 8 atom stereocenters. The van der Waals surface area contributed by atoms with Gasteiger partial charge in [-0.3, -0.25) is 48.1 Å². The minimum Gasteiger partial charge on any atom is -0.473 e. The molecule has 8 heterocycles. The molecule has 0 spiro atoms. The third-order valence-corrected chi connectivity index (χ3v) is 10.8. The molecule has 8 rings (SSSR count). The van der Waals surface area contributed by atoms with Crippen molar-refractivity contribution in [1.82, 2.24) is 15.1 Å². The summed E-state index contributed by atoms with van der Waals surface area (Å²) in [5, 5.41) is 2.32. The second kappa shape index (κ2) is 29.8. The average molecular weight is 968 g/mol. The molecule has 4 saturated heterocycles. The Morgan fingerprint density at radius 1 is 0.569 bits per heavy atom. The molecule has 4 fully saturated rings. The fourth-order valence-corrected chi connectivity index (χ4v) is 7.68. The van der Waals surface area contributed by atoms with Crippen LogP contribution in [-0.4, -0.2) is 185 Å². The Hall–Kier alpha value is -2.85. The largest absolute Gasteiger partial charge is 1.00 e. The molecule has 0 aromatic carbocycles. The van der Waals surface area contributed by atoms with Crippen molar-refractivity contribution < 1.29 is 136 Å². The molecule has 65 heavy (non-hydrogen) atoms. The minimum absolute atomic E-state index is 0. The van der Waals surface area contributed by atoms with E-state index in [0.29, 0.717) is 78.8 Å². The maximum atomic E-state index is 12.3. The molecule has 7 aliphatic heterocycles. The van der Waals surface area contributed by atoms with E-state index in [4.69, 9.17) is 37.9 Å². The Morgan fingerprint density at radius 2 is 0.954 bits per heavy atom. The van der Waals surface area contributed by atoms with Crippen LogP contribution < -0.4 is 56.7 Å². The van der Waals surface area contributed by atoms with Crippen molar-refractivity contribution in [3.8, 4) is 0 Å². The van der Waals surface area contributed by atoms with Gasteiger partial charge in [-0.25, -0.2) is 0 Å². The van der Waals surface area contributed by atoms with E-state index in [1.54, 1.807) is 33.9 Å². The van der Waals surface area contributed by atoms with E-state index in [2.05, 4.69) is 13.9 Å². The van der Waals surface area contributed by atoms with Gasteiger partial charge in [0, 0.05) is 61.2 Å². The first kappa shape index (κ1) is 56.5. The Balaban J connectivity index is 0.000000294. The van der Waals surface area contributed by atoms with Crippen LogP contribution in [0.5, 0.6) is 0 Å². The first-order valence-corrected chi connectivity index (χ1v) is 22.6. The van der Waals surface area contributed by atoms with Crippen LogP contribution >= 0.6 is 0 Å². The van der Waals surface area contributed by atoms with Crippen LogP contribution in [0, 0.1) is 23.7 Å². The number of nitrogens with zero attached hydrogens (tertiary/aromatic N) is 2. The van der Waals surface area contributed by atoms with Crippen LogP contribution in [0.4, 0.5) is 0 Å². The molecule has 1 aromatic rings. The van der Waals surface area contributed by atoms with Crippen LogP contribution in [0.25, 0.3) is 0 Å². The fraction of sp³-hybridized carbons (Fsp3) is 0.619. The van der Waals surface area contributed by atoms with Gasteiger partial charge in [-0.1, -0.05) is 24.3 Å². The van der Waals surface area contributed by atoms with Crippen LogP contribution in [-0.2, 0) is 81.0 Å². The second-order valence-corrected chi connectivity index (χ2v) is 16.3. The third-order valence-electron chi connectivity index (χ3n) is 10.2. The van der Waals surface area contributed by atoms with Gasteiger partial charge in [-0.15, -0.1) is 0 Å². The Labute approximate surface area is 422 Å². The van der Waals surface area contributed by atoms with E-state index in [1.165, 1.54) is 22.0 Å². The molecule has 23 heteroatoms. The molecule has 6 amide bonds. The number of likely N-dealkylation sites (tertiary alicyclic amines) is 1. The summed E-state index contributed by atoms with van der Waals surface area (Å²) in [5.41, 5.74) is 0. The van der Waals surface area contributed by atoms with E-state index < -0.39 is 10.1 Å². The molecule has 7 aliphatic rings. The predicted molar refractivity (Wildman–Crippen MR) is 224 cm³/mol. The number of methoxy groups -OCH3 is 3. The summed E-state index contributed by atoms with van der Waals surface area (Å²) in [7, 11) is 1.46. The van der Waals surface area contributed by atoms with E-state index in [9.17, 15) is 37.2 Å². The zero-order valence-electron chi connectivity index (χ0n) is 37.4. The summed E-state index contributed by atoms with van der Waals surface area (Å²) < 4.78 is 70.7. The van der Waals surface area contributed by atoms with Gasteiger partial charge < -0.3 is 42.3 Å². The number of hydrogen-bond acceptors (Lipinski definition) is 18. The van der Waals surface area contributed by atoms with Crippen molar-refractivity contribution in [3.63, 3.8) is 0 Å². The average Bonchev–Trinajstić information content (AvgIpc) is 4.15. The minimum atomic E-state index is -3.33. The SMILES string of the molecule is COCCOCCCN1C(=O)C2C3C=CC(O3)C2C1=O.COCCOCCCN1C(=O)C=CC1=O.COCCOCCOS(C)(=O)=O.O=C1NC(=O)C2C3C=CC(O3)C12.[2HH].[K+].c1ccoc1. The summed E-state index contributed by atoms with van der Waals surface area (Å²) >= 11 is 0. The maximum Gasteiger partial charge on any atom is 1.00 e. The van der Waals surface area contributed by atoms with Crippen molar-refractivity contribution in [2.45, 2.75) is 37.3 Å². The van der Waals surface area contributed by atoms with Crippen LogP contribution in [0.1, 0.15) is 14.3 Å². The maximum absolute atomic E-state index is 12.3. The summed E-state index contributed by atoms with van der Waals surface area (Å²) in [6, 6.07) is 3.67. The van der Waals surface area contributed by atoms with Gasteiger partial charge in [0.1, 0.15) is 0 Å². The molecular formula is C42H61KN3O18S+. The number of carbonyl (C=O) groups is 6. The Bertz CT molecular complexity index is 1790. The number of ether oxygens (including phenoxy) is 8. The fourth-order valence-electron chi connectivity index (χ4n) is 7.31. The third kappa shape index (κ3) is 17.6. The van der Waals surface area contributed by atoms with Crippen molar-refractivity contribution in [3.05, 3.63) is 61.1 Å². The Morgan fingerprint density at radius 3 is 1.34 bits per heavy atom. The monoisotopic (exact) mass is 967 g/mol. The van der Waals surface area contributed by atoms with Gasteiger partial charge in [-0.2, -0.15) is 8.42 Å². The van der Waals surface area contributed by atoms with Crippen LogP contribution in [0.15, 0.2) is 65.5 Å². The molecule has 4 bridgehead atoms. The second-order valence-electron chi connectivity index (χ2n) is 14.7. The number of furan rings is 1. The zero-order chi connectivity index (χ0) is 46.5. The molecular weight excluding hydrogens is 906 g/mol. The number of imide groups is 3. The van der Waals surface area contributed by atoms with E-state index in [1.807, 2.05) is 36.4 Å². The molecule has 0 aliphatic carbocycles. The summed E-state index contributed by atoms with van der Waals surface area (Å²) in [6.45, 7) is 5.34. The smallest absolute Gasteiger partial charge is 0.473 e. The zero-order valence-corrected chi connectivity index (χ0v) is 41.4. The van der Waals surface area contributed by atoms with Gasteiger partial charge in [-0.05, 0) is 25.0 Å². The molecule has 0 radical (unpaired) electrons. The standard InChI is InChI=1S/C14H19NO5.C10H15NO4.C8H7NO3.C6H14O5S.C4H4O.K.H2/c1-18-7-8-19-6-2-5-15-13(16)11-9-3-4-10(20-9)12(11)14(15)17;1-14-7-8-15-6-2-5-11-9(12)3-4-10(11)13;10-7-5-3-1-2-4(12-3)6(5)8(11)9-7;1-9-3-4-10-5-6-11-12(2,7)8;1-2-4-5-3-1;;/h3-4,9-12H,2,5-8H2,1H3;3-4H,2,5-8H2,1H3;1-6H,(H,9,10,11);3-6H2,1-2H3;1-4H;;1H/q;;;;;+1;/i;;;;;;1+1. The number of nitrogens with one attached hydrogen (secondary N) is 1. The molecule has 358 valence electrons. The first-order valence-electron chi connectivity index (χ1n) is 20.8. The van der Waals surface area contributed by atoms with Crippen molar-refractivity contribution in [2.75, 3.05) is 107 Å². The number of carbonyl (C=O) groups excluding carboxylic acids is 6. The normalized spacial score (nSPS) is 25.8. The predicted octanol–water partition coefficient (Wildman–Crippen LogP) is -2.69. The van der Waals surface area contributed by atoms with Crippen LogP contribution in [0.2, 0.25) is 0 Å². The molecule has 0 saturated carbocycles. The number of hydrogen-bond donors (Lipinski definition) is 1. The van der Waals surface area contributed by atoms with Gasteiger partial charge in [0.25, 0.3) is 21.9 Å². The summed E-state index contributed by atoms with van der Waals surface area (Å²) in [6.07, 6.45) is 14.9. The molecule has 8 unspecified atom stereocenters. The molecule has 1 aromatic heterocycles. The Kier molecular flexibility index (Phi) is 25.9.